The molecule has 0 amide bonds. The summed E-state index contributed by atoms with van der Waals surface area (Å²) in [5.74, 6) is 0. The number of nitrogens with zero attached hydrogens (tertiary/aromatic N) is 1. The lowest BCUT2D eigenvalue weighted by molar-refractivity contribution is 0.132. The molecule has 0 aromatic heterocycles. The lowest BCUT2D eigenvalue weighted by atomic mass is 10.4. The maximum Gasteiger partial charge on any atom is 0.364 e. The molecule has 0 bridgehead atoms. The molecule has 0 saturated carbocycles. The first-order chi connectivity index (χ1) is 6.64. The molecule has 1 atom stereocenters. The van der Waals surface area contributed by atoms with E-state index in [1.165, 1.54) is 6.92 Å². The minimum atomic E-state index is -3.62. The van der Waals surface area contributed by atoms with E-state index in [0.717, 1.165) is 0 Å². The van der Waals surface area contributed by atoms with Crippen LogP contribution in [0.5, 0.6) is 0 Å². The van der Waals surface area contributed by atoms with Gasteiger partial charge in [0.15, 0.2) is 0 Å². The van der Waals surface area contributed by atoms with Crippen LogP contribution in [0, 0.1) is 11.3 Å². The van der Waals surface area contributed by atoms with Gasteiger partial charge < -0.3 is 14.8 Å². The molecule has 88 valence electrons. The summed E-state index contributed by atoms with van der Waals surface area (Å²) in [5.41, 5.74) is 5.62. The number of nitriles is 1. The van der Waals surface area contributed by atoms with Crippen molar-refractivity contribution >= 4 is 7.60 Å². The Labute approximate surface area is 91.1 Å². The normalized spacial score (nSPS) is 16.5. The van der Waals surface area contributed by atoms with Gasteiger partial charge in [0.1, 0.15) is 0 Å². The van der Waals surface area contributed by atoms with Gasteiger partial charge in [0.05, 0.1) is 18.3 Å². The summed E-state index contributed by atoms with van der Waals surface area (Å²) in [6, 6.07) is 1.76. The van der Waals surface area contributed by atoms with Gasteiger partial charge in [0, 0.05) is 0 Å². The molecular formula is C9H19N2O3P. The Balaban J connectivity index is 5.05. The van der Waals surface area contributed by atoms with Crippen molar-refractivity contribution in [2.24, 2.45) is 5.73 Å². The molecule has 0 spiro atoms. The zero-order valence-corrected chi connectivity index (χ0v) is 10.7. The smallest absolute Gasteiger partial charge is 0.304 e. The highest BCUT2D eigenvalue weighted by atomic mass is 31.2. The van der Waals surface area contributed by atoms with Crippen LogP contribution < -0.4 is 5.73 Å². The van der Waals surface area contributed by atoms with Crippen LogP contribution in [0.3, 0.4) is 0 Å². The van der Waals surface area contributed by atoms with E-state index in [0.29, 0.717) is 0 Å². The van der Waals surface area contributed by atoms with E-state index in [1.54, 1.807) is 33.8 Å². The van der Waals surface area contributed by atoms with Crippen molar-refractivity contribution < 1.29 is 13.6 Å². The molecule has 0 heterocycles. The van der Waals surface area contributed by atoms with E-state index in [-0.39, 0.29) is 12.2 Å². The highest BCUT2D eigenvalue weighted by Crippen LogP contribution is 2.58. The molecule has 0 aliphatic rings. The minimum absolute atomic E-state index is 0.314. The van der Waals surface area contributed by atoms with Gasteiger partial charge in [-0.15, -0.1) is 0 Å². The third kappa shape index (κ3) is 3.92. The Morgan fingerprint density at radius 3 is 1.80 bits per heavy atom. The van der Waals surface area contributed by atoms with Gasteiger partial charge in [-0.25, -0.2) is 0 Å². The first-order valence-electron chi connectivity index (χ1n) is 4.81. The van der Waals surface area contributed by atoms with Crippen LogP contribution >= 0.6 is 7.60 Å². The van der Waals surface area contributed by atoms with Crippen molar-refractivity contribution in [1.29, 1.82) is 5.26 Å². The molecule has 6 heteroatoms. The van der Waals surface area contributed by atoms with Crippen LogP contribution in [0.1, 0.15) is 34.6 Å². The highest BCUT2D eigenvalue weighted by molar-refractivity contribution is 7.55. The lowest BCUT2D eigenvalue weighted by Crippen LogP contribution is -2.37. The van der Waals surface area contributed by atoms with Crippen molar-refractivity contribution in [3.8, 4) is 6.07 Å². The Morgan fingerprint density at radius 1 is 1.27 bits per heavy atom. The van der Waals surface area contributed by atoms with Crippen LogP contribution in [-0.4, -0.2) is 17.5 Å². The van der Waals surface area contributed by atoms with Gasteiger partial charge in [0.25, 0.3) is 0 Å². The van der Waals surface area contributed by atoms with Gasteiger partial charge in [-0.3, -0.25) is 4.57 Å². The average molecular weight is 234 g/mol. The second-order valence-electron chi connectivity index (χ2n) is 4.07. The molecule has 0 rings (SSSR count). The van der Waals surface area contributed by atoms with Crippen LogP contribution in [0.4, 0.5) is 0 Å². The Morgan fingerprint density at radius 2 is 1.60 bits per heavy atom. The molecule has 0 aliphatic heterocycles. The summed E-state index contributed by atoms with van der Waals surface area (Å²) in [5, 5.41) is 7.22. The second-order valence-corrected chi connectivity index (χ2v) is 6.41. The molecule has 0 aliphatic carbocycles. The highest BCUT2D eigenvalue weighted by Gasteiger charge is 2.46. The Hall–Kier alpha value is -0.400. The summed E-state index contributed by atoms with van der Waals surface area (Å²) < 4.78 is 22.7. The fourth-order valence-corrected chi connectivity index (χ4v) is 2.58. The average Bonchev–Trinajstić information content (AvgIpc) is 2.00. The number of hydrogen-bond acceptors (Lipinski definition) is 5. The molecule has 0 radical (unpaired) electrons. The first kappa shape index (κ1) is 14.6. The van der Waals surface area contributed by atoms with E-state index < -0.39 is 12.9 Å². The van der Waals surface area contributed by atoms with Crippen LogP contribution in [0.15, 0.2) is 0 Å². The van der Waals surface area contributed by atoms with Gasteiger partial charge in [0.2, 0.25) is 5.28 Å². The summed E-state index contributed by atoms with van der Waals surface area (Å²) in [6.07, 6.45) is -0.628. The topological polar surface area (TPSA) is 85.3 Å². The summed E-state index contributed by atoms with van der Waals surface area (Å²) in [6.45, 7) is 8.19. The third-order valence-electron chi connectivity index (χ3n) is 1.49. The van der Waals surface area contributed by atoms with Crippen molar-refractivity contribution in [1.82, 2.24) is 0 Å². The van der Waals surface area contributed by atoms with Crippen molar-refractivity contribution in [3.63, 3.8) is 0 Å². The number of rotatable bonds is 5. The Bertz CT molecular complexity index is 280. The fourth-order valence-electron chi connectivity index (χ4n) is 0.860. The molecule has 1 unspecified atom stereocenters. The van der Waals surface area contributed by atoms with Gasteiger partial charge in [-0.1, -0.05) is 0 Å². The number of hydrogen-bond donors (Lipinski definition) is 1. The van der Waals surface area contributed by atoms with Crippen molar-refractivity contribution in [2.75, 3.05) is 0 Å². The largest absolute Gasteiger partial charge is 0.364 e. The van der Waals surface area contributed by atoms with E-state index in [2.05, 4.69) is 0 Å². The van der Waals surface area contributed by atoms with Crippen LogP contribution in [0.25, 0.3) is 0 Å². The molecule has 0 saturated heterocycles. The summed E-state index contributed by atoms with van der Waals surface area (Å²) in [4.78, 5) is 0. The molecule has 0 aromatic rings. The SMILES string of the molecule is CC(C)OP(=O)(OC(C)C)C(C)(N)C#N. The number of nitrogens with two attached hydrogens (primary N) is 1. The molecule has 2 N–H and O–H groups in total. The van der Waals surface area contributed by atoms with E-state index >= 15 is 0 Å². The predicted molar refractivity (Wildman–Crippen MR) is 58.3 cm³/mol. The second kappa shape index (κ2) is 5.09. The van der Waals surface area contributed by atoms with Gasteiger partial charge in [-0.2, -0.15) is 5.26 Å². The minimum Gasteiger partial charge on any atom is -0.304 e. The van der Waals surface area contributed by atoms with E-state index in [4.69, 9.17) is 20.0 Å². The summed E-state index contributed by atoms with van der Waals surface area (Å²) >= 11 is 0. The quantitative estimate of drug-likeness (QED) is 0.737. The van der Waals surface area contributed by atoms with Crippen molar-refractivity contribution in [2.45, 2.75) is 52.1 Å². The Kier molecular flexibility index (Phi) is 4.95. The fraction of sp³-hybridized carbons (Fsp3) is 0.889. The van der Waals surface area contributed by atoms with Crippen molar-refractivity contribution in [3.05, 3.63) is 0 Å². The lowest BCUT2D eigenvalue weighted by Gasteiger charge is -2.30. The monoisotopic (exact) mass is 234 g/mol. The maximum atomic E-state index is 12.3. The zero-order valence-electron chi connectivity index (χ0n) is 9.85. The van der Waals surface area contributed by atoms with E-state index in [1.807, 2.05) is 0 Å². The van der Waals surface area contributed by atoms with Crippen LogP contribution in [0.2, 0.25) is 0 Å². The maximum absolute atomic E-state index is 12.3. The molecule has 0 aromatic carbocycles. The first-order valence-corrected chi connectivity index (χ1v) is 6.36. The van der Waals surface area contributed by atoms with Gasteiger partial charge in [-0.05, 0) is 34.6 Å². The molecule has 0 fully saturated rings. The van der Waals surface area contributed by atoms with Gasteiger partial charge >= 0.3 is 7.60 Å². The van der Waals surface area contributed by atoms with Crippen LogP contribution in [-0.2, 0) is 13.6 Å². The molecule has 5 nitrogen and oxygen atoms in total. The third-order valence-corrected chi connectivity index (χ3v) is 4.13. The standard InChI is InChI=1S/C9H19N2O3P/c1-7(2)13-15(12,14-8(3)4)9(5,11)6-10/h7-8H,11H2,1-5H3. The van der Waals surface area contributed by atoms with E-state index in [9.17, 15) is 4.57 Å². The zero-order chi connectivity index (χ0) is 12.3. The summed E-state index contributed by atoms with van der Waals surface area (Å²) in [7, 11) is -3.62. The predicted octanol–water partition coefficient (Wildman–Crippen LogP) is 2.23. The molecular weight excluding hydrogens is 215 g/mol. The molecule has 15 heavy (non-hydrogen) atoms.